The Morgan fingerprint density at radius 3 is 1.62 bits per heavy atom. The molecule has 0 saturated heterocycles. The molecule has 2 N–H and O–H groups in total. The summed E-state index contributed by atoms with van der Waals surface area (Å²) in [7, 11) is -8.84. The van der Waals surface area contributed by atoms with Gasteiger partial charge in [0.1, 0.15) is 5.75 Å². The second-order valence-electron chi connectivity index (χ2n) is 7.58. The molecule has 4 rings (SSSR count). The van der Waals surface area contributed by atoms with Gasteiger partial charge in [-0.1, -0.05) is 6.07 Å². The summed E-state index contributed by atoms with van der Waals surface area (Å²) in [6.07, 6.45) is 0. The number of hydrogen-bond donors (Lipinski definition) is 2. The molecule has 4 aromatic rings. The van der Waals surface area contributed by atoms with E-state index in [2.05, 4.69) is 20.5 Å². The molecule has 0 aliphatic heterocycles. The van der Waals surface area contributed by atoms with E-state index in [1.165, 1.54) is 42.5 Å². The van der Waals surface area contributed by atoms with E-state index in [1.54, 1.807) is 36.4 Å². The summed E-state index contributed by atoms with van der Waals surface area (Å²) in [5.74, 6) is 0.701. The lowest BCUT2D eigenvalue weighted by Gasteiger charge is -2.07. The Morgan fingerprint density at radius 1 is 0.622 bits per heavy atom. The molecular formula is C24H20N4O7S2. The molecule has 11 nitrogen and oxygen atoms in total. The Labute approximate surface area is 212 Å². The minimum absolute atomic E-state index is 0.263. The highest BCUT2D eigenvalue weighted by molar-refractivity contribution is 7.86. The molecule has 4 aromatic carbocycles. The van der Waals surface area contributed by atoms with Gasteiger partial charge in [-0.25, -0.2) is 0 Å². The third-order valence-corrected chi connectivity index (χ3v) is 6.79. The molecule has 0 amide bonds. The lowest BCUT2D eigenvalue weighted by molar-refractivity contribution is 0.340. The van der Waals surface area contributed by atoms with Gasteiger partial charge >= 0.3 is 0 Å². The molecule has 0 heterocycles. The van der Waals surface area contributed by atoms with Crippen LogP contribution in [0.1, 0.15) is 6.92 Å². The van der Waals surface area contributed by atoms with E-state index in [4.69, 9.17) is 9.29 Å². The highest BCUT2D eigenvalue weighted by Crippen LogP contribution is 2.37. The van der Waals surface area contributed by atoms with Crippen molar-refractivity contribution in [1.29, 1.82) is 0 Å². The van der Waals surface area contributed by atoms with Gasteiger partial charge in [0.2, 0.25) is 0 Å². The average molecular weight is 541 g/mol. The first-order valence-electron chi connectivity index (χ1n) is 10.7. The van der Waals surface area contributed by atoms with Crippen LogP contribution in [0.2, 0.25) is 0 Å². The van der Waals surface area contributed by atoms with Crippen LogP contribution in [0.25, 0.3) is 10.8 Å². The van der Waals surface area contributed by atoms with E-state index in [0.29, 0.717) is 34.5 Å². The van der Waals surface area contributed by atoms with E-state index in [1.807, 2.05) is 6.92 Å². The van der Waals surface area contributed by atoms with E-state index in [-0.39, 0.29) is 21.2 Å². The van der Waals surface area contributed by atoms with Crippen molar-refractivity contribution in [2.24, 2.45) is 20.5 Å². The van der Waals surface area contributed by atoms with Crippen LogP contribution in [0.3, 0.4) is 0 Å². The number of ether oxygens (including phenoxy) is 1. The van der Waals surface area contributed by atoms with Crippen molar-refractivity contribution < 1.29 is 30.7 Å². The van der Waals surface area contributed by atoms with Crippen LogP contribution in [0.15, 0.2) is 109 Å². The first kappa shape index (κ1) is 26.0. The van der Waals surface area contributed by atoms with E-state index >= 15 is 0 Å². The van der Waals surface area contributed by atoms with E-state index in [9.17, 15) is 21.4 Å². The Kier molecular flexibility index (Phi) is 7.40. The predicted molar refractivity (Wildman–Crippen MR) is 136 cm³/mol. The van der Waals surface area contributed by atoms with Gasteiger partial charge in [-0.2, -0.15) is 27.1 Å². The lowest BCUT2D eigenvalue weighted by Crippen LogP contribution is -1.97. The van der Waals surface area contributed by atoms with E-state index in [0.717, 1.165) is 0 Å². The van der Waals surface area contributed by atoms with Crippen molar-refractivity contribution in [2.75, 3.05) is 6.61 Å². The zero-order chi connectivity index (χ0) is 26.6. The van der Waals surface area contributed by atoms with Crippen LogP contribution < -0.4 is 4.74 Å². The number of azo groups is 2. The fourth-order valence-electron chi connectivity index (χ4n) is 3.31. The van der Waals surface area contributed by atoms with Crippen LogP contribution in [0.4, 0.5) is 22.7 Å². The molecule has 0 aliphatic carbocycles. The van der Waals surface area contributed by atoms with Gasteiger partial charge in [-0.05, 0) is 79.7 Å². The SMILES string of the molecule is CCOc1ccc(N=Nc2ccc(N=Nc3ccc(S(=O)(=O)O)cc3)c3cc(S(=O)(=O)O)ccc23)cc1. The Balaban J connectivity index is 1.73. The Hall–Kier alpha value is -4.04. The summed E-state index contributed by atoms with van der Waals surface area (Å²) < 4.78 is 69.9. The predicted octanol–water partition coefficient (Wildman–Crippen LogP) is 6.56. The summed E-state index contributed by atoms with van der Waals surface area (Å²) in [5.41, 5.74) is 1.54. The van der Waals surface area contributed by atoms with Gasteiger partial charge in [-0.3, -0.25) is 9.11 Å². The van der Waals surface area contributed by atoms with Crippen molar-refractivity contribution >= 4 is 53.8 Å². The summed E-state index contributed by atoms with van der Waals surface area (Å²) in [6.45, 7) is 2.42. The molecule has 0 aromatic heterocycles. The molecule has 190 valence electrons. The van der Waals surface area contributed by atoms with Crippen molar-refractivity contribution in [1.82, 2.24) is 0 Å². The van der Waals surface area contributed by atoms with Crippen LogP contribution in [0, 0.1) is 0 Å². The number of hydrogen-bond acceptors (Lipinski definition) is 9. The quantitative estimate of drug-likeness (QED) is 0.188. The summed E-state index contributed by atoms with van der Waals surface area (Å²) in [5, 5.41) is 17.6. The maximum Gasteiger partial charge on any atom is 0.294 e. The largest absolute Gasteiger partial charge is 0.494 e. The fourth-order valence-corrected chi connectivity index (χ4v) is 4.30. The second kappa shape index (κ2) is 10.5. The van der Waals surface area contributed by atoms with E-state index < -0.39 is 20.2 Å². The summed E-state index contributed by atoms with van der Waals surface area (Å²) in [6, 6.07) is 19.2. The molecule has 13 heteroatoms. The molecule has 37 heavy (non-hydrogen) atoms. The number of benzene rings is 4. The first-order chi connectivity index (χ1) is 17.5. The maximum atomic E-state index is 11.7. The molecule has 0 radical (unpaired) electrons. The lowest BCUT2D eigenvalue weighted by atomic mass is 10.1. The first-order valence-corrected chi connectivity index (χ1v) is 13.6. The van der Waals surface area contributed by atoms with Gasteiger partial charge < -0.3 is 4.74 Å². The maximum absolute atomic E-state index is 11.7. The highest BCUT2D eigenvalue weighted by atomic mass is 32.2. The van der Waals surface area contributed by atoms with Crippen molar-refractivity contribution in [3.8, 4) is 5.75 Å². The van der Waals surface area contributed by atoms with Gasteiger partial charge in [-0.15, -0.1) is 10.2 Å². The van der Waals surface area contributed by atoms with Crippen LogP contribution >= 0.6 is 0 Å². The number of fused-ring (bicyclic) bond motifs is 1. The van der Waals surface area contributed by atoms with Gasteiger partial charge in [0.05, 0.1) is 39.1 Å². The number of rotatable bonds is 8. The van der Waals surface area contributed by atoms with Crippen molar-refractivity contribution in [3.63, 3.8) is 0 Å². The van der Waals surface area contributed by atoms with Gasteiger partial charge in [0.25, 0.3) is 20.2 Å². The third-order valence-electron chi connectivity index (χ3n) is 5.07. The van der Waals surface area contributed by atoms with Crippen LogP contribution in [0.5, 0.6) is 5.75 Å². The van der Waals surface area contributed by atoms with Crippen LogP contribution in [-0.2, 0) is 20.2 Å². The van der Waals surface area contributed by atoms with Gasteiger partial charge in [0.15, 0.2) is 0 Å². The monoisotopic (exact) mass is 540 g/mol. The molecular weight excluding hydrogens is 520 g/mol. The topological polar surface area (TPSA) is 167 Å². The minimum atomic E-state index is -4.49. The second-order valence-corrected chi connectivity index (χ2v) is 10.4. The average Bonchev–Trinajstić information content (AvgIpc) is 2.86. The van der Waals surface area contributed by atoms with Crippen LogP contribution in [-0.4, -0.2) is 32.5 Å². The standard InChI is InChI=1S/C24H20N4O7S2/c1-2-35-18-7-3-16(4-8-18)25-27-23-13-14-24(22-15-20(37(32,33)34)11-12-21(22)23)28-26-17-5-9-19(10-6-17)36(29,30)31/h3-15H,2H2,1H3,(H,29,30,31)(H,32,33,34). The Morgan fingerprint density at radius 2 is 1.11 bits per heavy atom. The smallest absolute Gasteiger partial charge is 0.294 e. The Bertz CT molecular complexity index is 1720. The molecule has 0 fully saturated rings. The summed E-state index contributed by atoms with van der Waals surface area (Å²) in [4.78, 5) is -0.633. The normalized spacial score (nSPS) is 12.5. The summed E-state index contributed by atoms with van der Waals surface area (Å²) >= 11 is 0. The third kappa shape index (κ3) is 6.40. The molecule has 0 bridgehead atoms. The molecule has 0 unspecified atom stereocenters. The van der Waals surface area contributed by atoms with Crippen molar-refractivity contribution in [3.05, 3.63) is 78.9 Å². The zero-order valence-corrected chi connectivity index (χ0v) is 20.9. The fraction of sp³-hybridized carbons (Fsp3) is 0.0833. The molecule has 0 aliphatic rings. The molecule has 0 spiro atoms. The highest BCUT2D eigenvalue weighted by Gasteiger charge is 2.14. The minimum Gasteiger partial charge on any atom is -0.494 e. The number of nitrogens with zero attached hydrogens (tertiary/aromatic N) is 4. The van der Waals surface area contributed by atoms with Gasteiger partial charge in [0, 0.05) is 10.8 Å². The van der Waals surface area contributed by atoms with Crippen molar-refractivity contribution in [2.45, 2.75) is 16.7 Å². The molecule has 0 saturated carbocycles. The zero-order valence-electron chi connectivity index (χ0n) is 19.3. The molecule has 0 atom stereocenters.